The Morgan fingerprint density at radius 3 is 3.13 bits per heavy atom. The third-order valence-electron chi connectivity index (χ3n) is 3.79. The number of amides is 1. The number of amidine groups is 1. The molecule has 1 amide bonds. The average molecular weight is 329 g/mol. The van der Waals surface area contributed by atoms with Gasteiger partial charge in [-0.05, 0) is 25.1 Å². The van der Waals surface area contributed by atoms with E-state index in [2.05, 4.69) is 15.3 Å². The van der Waals surface area contributed by atoms with Gasteiger partial charge < -0.3 is 14.6 Å². The van der Waals surface area contributed by atoms with Crippen LogP contribution in [0.2, 0.25) is 5.02 Å². The predicted molar refractivity (Wildman–Crippen MR) is 89.1 cm³/mol. The smallest absolute Gasteiger partial charge is 0.260 e. The number of carbonyl (C=O) groups is 1. The molecule has 0 atom stereocenters. The number of carbonyl (C=O) groups excluding carboxylic acids is 1. The summed E-state index contributed by atoms with van der Waals surface area (Å²) >= 11 is 5.96. The van der Waals surface area contributed by atoms with Crippen LogP contribution in [0.4, 0.5) is 11.6 Å². The summed E-state index contributed by atoms with van der Waals surface area (Å²) in [6.45, 7) is 3.19. The van der Waals surface area contributed by atoms with E-state index in [1.807, 2.05) is 4.90 Å². The van der Waals surface area contributed by atoms with Crippen LogP contribution in [0.5, 0.6) is 0 Å². The van der Waals surface area contributed by atoms with Crippen LogP contribution in [0.25, 0.3) is 0 Å². The van der Waals surface area contributed by atoms with Crippen LogP contribution in [0.1, 0.15) is 21.7 Å². The number of hydrogen-bond donors (Lipinski definition) is 1. The highest BCUT2D eigenvalue weighted by Crippen LogP contribution is 2.34. The number of nitrogens with zero attached hydrogens (tertiary/aromatic N) is 3. The van der Waals surface area contributed by atoms with E-state index in [0.717, 1.165) is 12.4 Å². The maximum Gasteiger partial charge on any atom is 0.260 e. The Balaban J connectivity index is 1.74. The summed E-state index contributed by atoms with van der Waals surface area (Å²) in [5.41, 5.74) is 1.74. The first-order chi connectivity index (χ1) is 11.1. The van der Waals surface area contributed by atoms with E-state index in [1.165, 1.54) is 0 Å². The Hall–Kier alpha value is -2.60. The Kier molecular flexibility index (Phi) is 3.20. The molecule has 116 valence electrons. The lowest BCUT2D eigenvalue weighted by molar-refractivity contribution is 0.102. The molecule has 0 bridgehead atoms. The van der Waals surface area contributed by atoms with Crippen LogP contribution >= 0.6 is 11.6 Å². The van der Waals surface area contributed by atoms with Crippen molar-refractivity contribution >= 4 is 41.3 Å². The summed E-state index contributed by atoms with van der Waals surface area (Å²) in [5, 5.41) is 3.41. The van der Waals surface area contributed by atoms with Gasteiger partial charge in [0.1, 0.15) is 17.9 Å². The molecule has 0 radical (unpaired) electrons. The first kappa shape index (κ1) is 14.0. The molecule has 1 N–H and O–H groups in total. The lowest BCUT2D eigenvalue weighted by Gasteiger charge is -2.18. The Bertz CT molecular complexity index is 869. The summed E-state index contributed by atoms with van der Waals surface area (Å²) in [6.07, 6.45) is 1.69. The third-order valence-corrected chi connectivity index (χ3v) is 4.02. The molecule has 2 aliphatic rings. The van der Waals surface area contributed by atoms with Gasteiger partial charge in [0.25, 0.3) is 5.91 Å². The molecule has 0 spiro atoms. The molecular formula is C16H13ClN4O2. The van der Waals surface area contributed by atoms with Gasteiger partial charge in [0.05, 0.1) is 17.7 Å². The maximum absolute atomic E-state index is 12.7. The van der Waals surface area contributed by atoms with Gasteiger partial charge in [0.15, 0.2) is 0 Å². The average Bonchev–Trinajstić information content (AvgIpc) is 3.09. The largest absolute Gasteiger partial charge is 0.442 e. The second-order valence-corrected chi connectivity index (χ2v) is 5.76. The minimum atomic E-state index is -0.263. The van der Waals surface area contributed by atoms with Crippen molar-refractivity contribution in [2.75, 3.05) is 18.4 Å². The molecule has 6 nitrogen and oxygen atoms in total. The van der Waals surface area contributed by atoms with Crippen LogP contribution in [-0.2, 0) is 0 Å². The summed E-state index contributed by atoms with van der Waals surface area (Å²) in [5.74, 6) is 1.42. The molecule has 0 aliphatic carbocycles. The lowest BCUT2D eigenvalue weighted by Crippen LogP contribution is -2.30. The van der Waals surface area contributed by atoms with Crippen molar-refractivity contribution in [3.8, 4) is 0 Å². The second kappa shape index (κ2) is 5.24. The standard InChI is InChI=1S/C16H13ClN4O2/c1-9-12(15(22)20-11-4-2-3-10(17)7-11)13-14-18-5-6-21(14)8-19-16(13)23-9/h2-4,7-8H,5-6H2,1H3,(H,20,22). The number of halogens is 1. The SMILES string of the molecule is Cc1oc2c(c1C(=O)Nc1cccc(Cl)c1)C1=NCCN1C=N2. The van der Waals surface area contributed by atoms with Crippen LogP contribution in [-0.4, -0.2) is 36.1 Å². The molecule has 2 aliphatic heterocycles. The molecular weight excluding hydrogens is 316 g/mol. The fourth-order valence-electron chi connectivity index (χ4n) is 2.78. The normalized spacial score (nSPS) is 15.2. The molecule has 7 heteroatoms. The second-order valence-electron chi connectivity index (χ2n) is 5.32. The number of hydrogen-bond acceptors (Lipinski definition) is 5. The molecule has 23 heavy (non-hydrogen) atoms. The van der Waals surface area contributed by atoms with Crippen LogP contribution in [0.3, 0.4) is 0 Å². The highest BCUT2D eigenvalue weighted by molar-refractivity contribution is 6.31. The highest BCUT2D eigenvalue weighted by atomic mass is 35.5. The molecule has 3 heterocycles. The number of rotatable bonds is 2. The summed E-state index contributed by atoms with van der Waals surface area (Å²) < 4.78 is 5.64. The van der Waals surface area contributed by atoms with Crippen molar-refractivity contribution in [3.05, 3.63) is 46.2 Å². The number of furan rings is 1. The van der Waals surface area contributed by atoms with Gasteiger partial charge in [-0.2, -0.15) is 0 Å². The van der Waals surface area contributed by atoms with Gasteiger partial charge in [-0.25, -0.2) is 4.99 Å². The summed E-state index contributed by atoms with van der Waals surface area (Å²) in [6, 6.07) is 7.01. The summed E-state index contributed by atoms with van der Waals surface area (Å²) in [4.78, 5) is 23.4. The number of aryl methyl sites for hydroxylation is 1. The topological polar surface area (TPSA) is 70.2 Å². The number of fused-ring (bicyclic) bond motifs is 3. The Morgan fingerprint density at radius 1 is 1.43 bits per heavy atom. The van der Waals surface area contributed by atoms with E-state index >= 15 is 0 Å². The van der Waals surface area contributed by atoms with Crippen LogP contribution < -0.4 is 5.32 Å². The fourth-order valence-corrected chi connectivity index (χ4v) is 2.97. The van der Waals surface area contributed by atoms with Gasteiger partial charge >= 0.3 is 0 Å². The molecule has 0 saturated carbocycles. The lowest BCUT2D eigenvalue weighted by atomic mass is 10.1. The first-order valence-electron chi connectivity index (χ1n) is 7.19. The van der Waals surface area contributed by atoms with E-state index in [1.54, 1.807) is 37.5 Å². The molecule has 0 fully saturated rings. The minimum Gasteiger partial charge on any atom is -0.442 e. The molecule has 0 unspecified atom stereocenters. The van der Waals surface area contributed by atoms with Crippen LogP contribution in [0.15, 0.2) is 38.7 Å². The number of nitrogens with one attached hydrogen (secondary N) is 1. The van der Waals surface area contributed by atoms with E-state index in [-0.39, 0.29) is 5.91 Å². The Labute approximate surface area is 137 Å². The van der Waals surface area contributed by atoms with Gasteiger partial charge in [0, 0.05) is 17.3 Å². The molecule has 1 aromatic heterocycles. The minimum absolute atomic E-state index is 0.263. The summed E-state index contributed by atoms with van der Waals surface area (Å²) in [7, 11) is 0. The molecule has 4 rings (SSSR count). The van der Waals surface area contributed by atoms with Crippen molar-refractivity contribution in [2.24, 2.45) is 9.98 Å². The van der Waals surface area contributed by atoms with E-state index in [9.17, 15) is 4.79 Å². The molecule has 1 aromatic carbocycles. The van der Waals surface area contributed by atoms with E-state index in [0.29, 0.717) is 40.0 Å². The number of aliphatic imine (C=N–C) groups is 2. The monoisotopic (exact) mass is 328 g/mol. The zero-order valence-corrected chi connectivity index (χ0v) is 13.1. The third kappa shape index (κ3) is 2.31. The molecule has 2 aromatic rings. The highest BCUT2D eigenvalue weighted by Gasteiger charge is 2.33. The van der Waals surface area contributed by atoms with Crippen molar-refractivity contribution in [3.63, 3.8) is 0 Å². The van der Waals surface area contributed by atoms with Crippen molar-refractivity contribution in [1.29, 1.82) is 0 Å². The van der Waals surface area contributed by atoms with Crippen molar-refractivity contribution in [2.45, 2.75) is 6.92 Å². The van der Waals surface area contributed by atoms with Gasteiger partial charge in [0.2, 0.25) is 5.88 Å². The van der Waals surface area contributed by atoms with Crippen molar-refractivity contribution < 1.29 is 9.21 Å². The van der Waals surface area contributed by atoms with Crippen LogP contribution in [0, 0.1) is 6.92 Å². The zero-order valence-electron chi connectivity index (χ0n) is 12.3. The first-order valence-corrected chi connectivity index (χ1v) is 7.57. The maximum atomic E-state index is 12.7. The predicted octanol–water partition coefficient (Wildman–Crippen LogP) is 3.23. The quantitative estimate of drug-likeness (QED) is 0.920. The van der Waals surface area contributed by atoms with Gasteiger partial charge in [-0.15, -0.1) is 0 Å². The molecule has 0 saturated heterocycles. The van der Waals surface area contributed by atoms with Gasteiger partial charge in [-0.1, -0.05) is 17.7 Å². The van der Waals surface area contributed by atoms with E-state index in [4.69, 9.17) is 16.0 Å². The number of benzene rings is 1. The number of anilines is 1. The van der Waals surface area contributed by atoms with Gasteiger partial charge in [-0.3, -0.25) is 9.79 Å². The van der Waals surface area contributed by atoms with Crippen molar-refractivity contribution in [1.82, 2.24) is 4.90 Å². The fraction of sp³-hybridized carbons (Fsp3) is 0.188. The van der Waals surface area contributed by atoms with E-state index < -0.39 is 0 Å². The Morgan fingerprint density at radius 2 is 2.30 bits per heavy atom. The zero-order chi connectivity index (χ0) is 16.0.